The minimum absolute atomic E-state index is 0.0324. The number of ether oxygens (including phenoxy) is 2. The first-order chi connectivity index (χ1) is 12.9. The fraction of sp³-hybridized carbons (Fsp3) is 0.556. The van der Waals surface area contributed by atoms with Crippen LogP contribution in [0, 0.1) is 0 Å². The number of alkyl halides is 2. The van der Waals surface area contributed by atoms with Crippen LogP contribution in [0.25, 0.3) is 0 Å². The van der Waals surface area contributed by atoms with Crippen LogP contribution in [-0.4, -0.2) is 58.3 Å². The van der Waals surface area contributed by atoms with Crippen molar-refractivity contribution in [2.75, 3.05) is 33.8 Å². The molecule has 0 bridgehead atoms. The number of hydrogen-bond acceptors (Lipinski definition) is 4. The zero-order chi connectivity index (χ0) is 19.8. The van der Waals surface area contributed by atoms with Gasteiger partial charge in [-0.1, -0.05) is 6.07 Å². The molecule has 0 heterocycles. The summed E-state index contributed by atoms with van der Waals surface area (Å²) in [5.41, 5.74) is 0.818. The molecule has 150 valence electrons. The molecule has 27 heavy (non-hydrogen) atoms. The zero-order valence-corrected chi connectivity index (χ0v) is 15.5. The van der Waals surface area contributed by atoms with Crippen molar-refractivity contribution in [2.45, 2.75) is 31.9 Å². The maximum atomic E-state index is 12.3. The van der Waals surface area contributed by atoms with Crippen molar-refractivity contribution in [1.82, 2.24) is 10.6 Å². The van der Waals surface area contributed by atoms with E-state index in [-0.39, 0.29) is 36.4 Å². The Hall–Kier alpha value is -2.42. The summed E-state index contributed by atoms with van der Waals surface area (Å²) in [6.07, 6.45) is 2.58. The Kier molecular flexibility index (Phi) is 7.78. The standard InChI is InChI=1S/C18H25F2N3O4/c1-23(11-17(25)22-13-4-5-13)10-16(24)21-8-7-12-3-6-14(27-18(19)20)15(9-12)26-2/h3,6,9,13,18H,4-5,7-8,10-11H2,1-2H3,(H,21,24)(H,22,25)/p+1. The van der Waals surface area contributed by atoms with Crippen molar-refractivity contribution < 1.29 is 32.7 Å². The van der Waals surface area contributed by atoms with Gasteiger partial charge in [0.2, 0.25) is 0 Å². The Bertz CT molecular complexity index is 653. The maximum absolute atomic E-state index is 12.3. The van der Waals surface area contributed by atoms with Crippen LogP contribution in [0.5, 0.6) is 11.5 Å². The highest BCUT2D eigenvalue weighted by Gasteiger charge is 2.24. The topological polar surface area (TPSA) is 81.1 Å². The average Bonchev–Trinajstić information content (AvgIpc) is 3.39. The zero-order valence-electron chi connectivity index (χ0n) is 15.5. The van der Waals surface area contributed by atoms with E-state index in [9.17, 15) is 18.4 Å². The molecule has 1 saturated carbocycles. The summed E-state index contributed by atoms with van der Waals surface area (Å²) in [6.45, 7) is -2.08. The lowest BCUT2D eigenvalue weighted by molar-refractivity contribution is -0.862. The summed E-state index contributed by atoms with van der Waals surface area (Å²) in [5, 5.41) is 5.68. The Balaban J connectivity index is 1.71. The molecule has 1 unspecified atom stereocenters. The molecule has 2 amide bonds. The summed E-state index contributed by atoms with van der Waals surface area (Å²) in [4.78, 5) is 24.5. The molecular formula is C18H26F2N3O4+. The second kappa shape index (κ2) is 10.1. The van der Waals surface area contributed by atoms with Crippen molar-refractivity contribution in [1.29, 1.82) is 0 Å². The molecule has 2 rings (SSSR count). The van der Waals surface area contributed by atoms with Gasteiger partial charge in [-0.2, -0.15) is 8.78 Å². The van der Waals surface area contributed by atoms with Gasteiger partial charge in [0.05, 0.1) is 14.2 Å². The molecule has 0 spiro atoms. The van der Waals surface area contributed by atoms with Crippen LogP contribution < -0.4 is 25.0 Å². The number of quaternary nitrogens is 1. The number of benzene rings is 1. The van der Waals surface area contributed by atoms with E-state index in [1.165, 1.54) is 13.2 Å². The van der Waals surface area contributed by atoms with Crippen LogP contribution in [-0.2, 0) is 16.0 Å². The summed E-state index contributed by atoms with van der Waals surface area (Å²) in [5.74, 6) is -0.0164. The number of likely N-dealkylation sites (N-methyl/N-ethyl adjacent to an activating group) is 1. The molecule has 0 saturated heterocycles. The molecule has 1 aliphatic rings. The first kappa shape index (κ1) is 20.9. The van der Waals surface area contributed by atoms with Crippen LogP contribution >= 0.6 is 0 Å². The first-order valence-electron chi connectivity index (χ1n) is 8.86. The van der Waals surface area contributed by atoms with Gasteiger partial charge in [0.1, 0.15) is 0 Å². The molecule has 1 aromatic carbocycles. The lowest BCUT2D eigenvalue weighted by atomic mass is 10.1. The van der Waals surface area contributed by atoms with E-state index in [0.29, 0.717) is 19.0 Å². The third-order valence-corrected chi connectivity index (χ3v) is 4.05. The average molecular weight is 386 g/mol. The van der Waals surface area contributed by atoms with Crippen molar-refractivity contribution in [3.63, 3.8) is 0 Å². The van der Waals surface area contributed by atoms with Crippen LogP contribution in [0.1, 0.15) is 18.4 Å². The van der Waals surface area contributed by atoms with Gasteiger partial charge in [-0.05, 0) is 37.0 Å². The number of carbonyl (C=O) groups excluding carboxylic acids is 2. The van der Waals surface area contributed by atoms with E-state index in [1.807, 2.05) is 0 Å². The summed E-state index contributed by atoms with van der Waals surface area (Å²) >= 11 is 0. The van der Waals surface area contributed by atoms with Gasteiger partial charge in [0.25, 0.3) is 11.8 Å². The van der Waals surface area contributed by atoms with Gasteiger partial charge in [-0.25, -0.2) is 0 Å². The molecule has 1 aliphatic carbocycles. The second-order valence-electron chi connectivity index (χ2n) is 6.62. The Morgan fingerprint density at radius 3 is 2.56 bits per heavy atom. The highest BCUT2D eigenvalue weighted by Crippen LogP contribution is 2.29. The van der Waals surface area contributed by atoms with E-state index >= 15 is 0 Å². The first-order valence-corrected chi connectivity index (χ1v) is 8.86. The second-order valence-corrected chi connectivity index (χ2v) is 6.62. The lowest BCUT2D eigenvalue weighted by Crippen LogP contribution is -3.11. The van der Waals surface area contributed by atoms with Gasteiger partial charge < -0.3 is 25.0 Å². The molecule has 3 N–H and O–H groups in total. The predicted molar refractivity (Wildman–Crippen MR) is 94.1 cm³/mol. The van der Waals surface area contributed by atoms with Crippen LogP contribution in [0.3, 0.4) is 0 Å². The lowest BCUT2D eigenvalue weighted by Gasteiger charge is -2.14. The fourth-order valence-electron chi connectivity index (χ4n) is 2.59. The summed E-state index contributed by atoms with van der Waals surface area (Å²) in [7, 11) is 3.16. The molecule has 7 nitrogen and oxygen atoms in total. The smallest absolute Gasteiger partial charge is 0.387 e. The normalized spacial score (nSPS) is 14.6. The number of halogens is 2. The number of nitrogens with one attached hydrogen (secondary N) is 3. The quantitative estimate of drug-likeness (QED) is 0.490. The minimum atomic E-state index is -2.92. The monoisotopic (exact) mass is 386 g/mol. The van der Waals surface area contributed by atoms with Gasteiger partial charge in [0.15, 0.2) is 24.6 Å². The van der Waals surface area contributed by atoms with E-state index in [0.717, 1.165) is 23.3 Å². The summed E-state index contributed by atoms with van der Waals surface area (Å²) < 4.78 is 34.1. The Labute approximate surface area is 157 Å². The third-order valence-electron chi connectivity index (χ3n) is 4.05. The van der Waals surface area contributed by atoms with Crippen LogP contribution in [0.15, 0.2) is 18.2 Å². The van der Waals surface area contributed by atoms with Gasteiger partial charge in [0, 0.05) is 12.6 Å². The van der Waals surface area contributed by atoms with Crippen molar-refractivity contribution in [2.24, 2.45) is 0 Å². The SMILES string of the molecule is COc1cc(CCNC(=O)C[NH+](C)CC(=O)NC2CC2)ccc1OC(F)F. The van der Waals surface area contributed by atoms with E-state index in [1.54, 1.807) is 19.2 Å². The van der Waals surface area contributed by atoms with E-state index in [2.05, 4.69) is 15.4 Å². The molecule has 9 heteroatoms. The number of hydrogen-bond donors (Lipinski definition) is 3. The number of rotatable bonds is 11. The molecule has 0 aromatic heterocycles. The van der Waals surface area contributed by atoms with Crippen molar-refractivity contribution in [3.05, 3.63) is 23.8 Å². The molecular weight excluding hydrogens is 360 g/mol. The molecule has 1 atom stereocenters. The third kappa shape index (κ3) is 7.78. The molecule has 0 radical (unpaired) electrons. The predicted octanol–water partition coefficient (Wildman–Crippen LogP) is -0.251. The fourth-order valence-corrected chi connectivity index (χ4v) is 2.59. The van der Waals surface area contributed by atoms with Gasteiger partial charge in [-0.15, -0.1) is 0 Å². The van der Waals surface area contributed by atoms with E-state index < -0.39 is 6.61 Å². The van der Waals surface area contributed by atoms with Crippen molar-refractivity contribution in [3.8, 4) is 11.5 Å². The highest BCUT2D eigenvalue weighted by molar-refractivity contribution is 5.79. The van der Waals surface area contributed by atoms with Crippen LogP contribution in [0.4, 0.5) is 8.78 Å². The Morgan fingerprint density at radius 2 is 1.93 bits per heavy atom. The molecule has 1 fully saturated rings. The number of carbonyl (C=O) groups is 2. The minimum Gasteiger partial charge on any atom is -0.493 e. The Morgan fingerprint density at radius 1 is 1.22 bits per heavy atom. The summed E-state index contributed by atoms with van der Waals surface area (Å²) in [6, 6.07) is 4.97. The van der Waals surface area contributed by atoms with Crippen LogP contribution in [0.2, 0.25) is 0 Å². The molecule has 1 aromatic rings. The van der Waals surface area contributed by atoms with Gasteiger partial charge >= 0.3 is 6.61 Å². The van der Waals surface area contributed by atoms with Crippen molar-refractivity contribution >= 4 is 11.8 Å². The highest BCUT2D eigenvalue weighted by atomic mass is 19.3. The number of amides is 2. The molecule has 0 aliphatic heterocycles. The van der Waals surface area contributed by atoms with Gasteiger partial charge in [-0.3, -0.25) is 9.59 Å². The number of methoxy groups -OCH3 is 1. The largest absolute Gasteiger partial charge is 0.493 e. The maximum Gasteiger partial charge on any atom is 0.387 e. The van der Waals surface area contributed by atoms with E-state index in [4.69, 9.17) is 4.74 Å².